The molecule has 0 bridgehead atoms. The minimum atomic E-state index is -1.37. The van der Waals surface area contributed by atoms with E-state index in [1.54, 1.807) is 13.0 Å². The summed E-state index contributed by atoms with van der Waals surface area (Å²) >= 11 is 7.22. The normalized spacial score (nSPS) is 15.4. The van der Waals surface area contributed by atoms with Gasteiger partial charge >= 0.3 is 5.97 Å². The fourth-order valence-corrected chi connectivity index (χ4v) is 5.86. The summed E-state index contributed by atoms with van der Waals surface area (Å²) in [6.45, 7) is 3.99. The van der Waals surface area contributed by atoms with Gasteiger partial charge in [-0.15, -0.1) is 11.3 Å². The molecule has 2 atom stereocenters. The number of hydrogen-bond donors (Lipinski definition) is 2. The maximum atomic E-state index is 14.3. The summed E-state index contributed by atoms with van der Waals surface area (Å²) in [5.74, 6) is -0.150. The molecular weight excluding hydrogens is 537 g/mol. The molecule has 8 heteroatoms. The van der Waals surface area contributed by atoms with E-state index >= 15 is 0 Å². The van der Waals surface area contributed by atoms with Gasteiger partial charge in [0.25, 0.3) is 0 Å². The molecule has 0 radical (unpaired) electrons. The van der Waals surface area contributed by atoms with Crippen LogP contribution in [0.3, 0.4) is 0 Å². The molecule has 1 aromatic heterocycles. The highest BCUT2D eigenvalue weighted by atomic mass is 35.5. The first-order valence-electron chi connectivity index (χ1n) is 12.8. The molecule has 1 saturated carbocycles. The number of rotatable bonds is 10. The van der Waals surface area contributed by atoms with Gasteiger partial charge in [-0.25, -0.2) is 0 Å². The summed E-state index contributed by atoms with van der Waals surface area (Å²) in [5.41, 5.74) is 4.47. The Balaban J connectivity index is 1.28. The van der Waals surface area contributed by atoms with Crippen molar-refractivity contribution in [2.45, 2.75) is 44.6 Å². The van der Waals surface area contributed by atoms with Gasteiger partial charge in [0.15, 0.2) is 5.13 Å². The lowest BCUT2D eigenvalue weighted by atomic mass is 9.93. The third-order valence-corrected chi connectivity index (χ3v) is 8.31. The van der Waals surface area contributed by atoms with E-state index in [0.717, 1.165) is 52.0 Å². The number of carbonyl (C=O) groups excluding carboxylic acids is 1. The van der Waals surface area contributed by atoms with Crippen molar-refractivity contribution in [3.05, 3.63) is 100 Å². The Morgan fingerprint density at radius 2 is 1.67 bits per heavy atom. The number of halogens is 2. The molecule has 2 N–H and O–H groups in total. The molecule has 4 aromatic rings. The second-order valence-corrected chi connectivity index (χ2v) is 11.0. The molecule has 5 nitrogen and oxygen atoms in total. The standard InChI is InChI=1S/C31H29ClFNO4S/c1-3-37-29(35)31(16-17-31)23-14-12-21(13-15-23)20-8-10-22(11-9-20)28-26(18-27(33)39-28)34-30(36)38-19(2)24-6-4-5-7-25(24)32/h4-15,18-19,30,34,36H,3,16-17H2,1-2H3/t19-,30?/m1/s1. The summed E-state index contributed by atoms with van der Waals surface area (Å²) in [4.78, 5) is 13.0. The zero-order valence-corrected chi connectivity index (χ0v) is 23.2. The van der Waals surface area contributed by atoms with Gasteiger partial charge in [-0.2, -0.15) is 4.39 Å². The second-order valence-electron chi connectivity index (χ2n) is 9.55. The minimum Gasteiger partial charge on any atom is -0.465 e. The average Bonchev–Trinajstić information content (AvgIpc) is 3.67. The van der Waals surface area contributed by atoms with E-state index < -0.39 is 17.9 Å². The fourth-order valence-electron chi connectivity index (χ4n) is 4.72. The molecule has 202 valence electrons. The molecule has 1 aliphatic rings. The van der Waals surface area contributed by atoms with Crippen molar-refractivity contribution in [1.82, 2.24) is 0 Å². The maximum Gasteiger partial charge on any atom is 0.316 e. The highest BCUT2D eigenvalue weighted by Gasteiger charge is 2.52. The van der Waals surface area contributed by atoms with Crippen LogP contribution in [0.1, 0.15) is 43.9 Å². The van der Waals surface area contributed by atoms with Crippen molar-refractivity contribution in [3.8, 4) is 21.6 Å². The van der Waals surface area contributed by atoms with Crippen LogP contribution in [0, 0.1) is 5.13 Å². The predicted molar refractivity (Wildman–Crippen MR) is 153 cm³/mol. The van der Waals surface area contributed by atoms with Crippen LogP contribution in [0.15, 0.2) is 78.9 Å². The van der Waals surface area contributed by atoms with Gasteiger partial charge in [-0.05, 0) is 60.6 Å². The van der Waals surface area contributed by atoms with Crippen molar-refractivity contribution >= 4 is 34.6 Å². The van der Waals surface area contributed by atoms with Gasteiger partial charge < -0.3 is 19.9 Å². The average molecular weight is 566 g/mol. The van der Waals surface area contributed by atoms with Crippen LogP contribution < -0.4 is 5.32 Å². The highest BCUT2D eigenvalue weighted by molar-refractivity contribution is 7.14. The molecule has 1 aliphatic carbocycles. The van der Waals surface area contributed by atoms with Crippen LogP contribution in [0.2, 0.25) is 5.02 Å². The molecule has 39 heavy (non-hydrogen) atoms. The fraction of sp³-hybridized carbons (Fsp3) is 0.258. The largest absolute Gasteiger partial charge is 0.465 e. The SMILES string of the molecule is CCOC(=O)C1(c2ccc(-c3ccc(-c4sc(F)cc4NC(O)O[C@H](C)c4ccccc4Cl)cc3)cc2)CC1. The first kappa shape index (κ1) is 27.3. The number of benzene rings is 3. The quantitative estimate of drug-likeness (QED) is 0.151. The van der Waals surface area contributed by atoms with E-state index in [9.17, 15) is 14.3 Å². The minimum absolute atomic E-state index is 0.150. The highest BCUT2D eigenvalue weighted by Crippen LogP contribution is 2.49. The molecule has 1 fully saturated rings. The number of hydrogen-bond acceptors (Lipinski definition) is 6. The lowest BCUT2D eigenvalue weighted by molar-refractivity contribution is -0.146. The Morgan fingerprint density at radius 1 is 1.05 bits per heavy atom. The van der Waals surface area contributed by atoms with Crippen LogP contribution in [0.25, 0.3) is 21.6 Å². The third kappa shape index (κ3) is 5.87. The van der Waals surface area contributed by atoms with Crippen molar-refractivity contribution in [2.24, 2.45) is 0 Å². The van der Waals surface area contributed by atoms with E-state index in [4.69, 9.17) is 21.1 Å². The number of carbonyl (C=O) groups is 1. The van der Waals surface area contributed by atoms with E-state index in [1.807, 2.05) is 73.7 Å². The number of nitrogens with one attached hydrogen (secondary N) is 1. The van der Waals surface area contributed by atoms with E-state index in [1.165, 1.54) is 6.07 Å². The van der Waals surface area contributed by atoms with Crippen LogP contribution in [-0.4, -0.2) is 24.1 Å². The number of aliphatic hydroxyl groups is 1. The molecule has 1 unspecified atom stereocenters. The second kappa shape index (κ2) is 11.5. The zero-order chi connectivity index (χ0) is 27.6. The molecule has 0 aliphatic heterocycles. The molecule has 1 heterocycles. The predicted octanol–water partition coefficient (Wildman–Crippen LogP) is 7.93. The maximum absolute atomic E-state index is 14.3. The van der Waals surface area contributed by atoms with Crippen LogP contribution in [-0.2, 0) is 19.7 Å². The molecule has 0 amide bonds. The number of ether oxygens (including phenoxy) is 2. The molecular formula is C31H29ClFNO4S. The van der Waals surface area contributed by atoms with E-state index in [2.05, 4.69) is 5.32 Å². The topological polar surface area (TPSA) is 67.8 Å². The Hall–Kier alpha value is -3.23. The summed E-state index contributed by atoms with van der Waals surface area (Å²) in [6.07, 6.45) is -0.226. The smallest absolute Gasteiger partial charge is 0.316 e. The first-order valence-corrected chi connectivity index (χ1v) is 14.0. The Morgan fingerprint density at radius 3 is 2.28 bits per heavy atom. The lowest BCUT2D eigenvalue weighted by Gasteiger charge is -2.21. The van der Waals surface area contributed by atoms with Crippen LogP contribution in [0.5, 0.6) is 0 Å². The van der Waals surface area contributed by atoms with Gasteiger partial charge in [0.05, 0.1) is 28.7 Å². The first-order chi connectivity index (χ1) is 18.8. The number of esters is 1. The van der Waals surface area contributed by atoms with Crippen molar-refractivity contribution in [2.75, 3.05) is 11.9 Å². The Kier molecular flexibility index (Phi) is 8.05. The van der Waals surface area contributed by atoms with Crippen molar-refractivity contribution < 1.29 is 23.8 Å². The van der Waals surface area contributed by atoms with Gasteiger partial charge in [-0.3, -0.25) is 4.79 Å². The van der Waals surface area contributed by atoms with Crippen LogP contribution in [0.4, 0.5) is 10.1 Å². The third-order valence-electron chi connectivity index (χ3n) is 6.99. The monoisotopic (exact) mass is 565 g/mol. The van der Waals surface area contributed by atoms with E-state index in [0.29, 0.717) is 22.2 Å². The van der Waals surface area contributed by atoms with Gasteiger partial charge in [-0.1, -0.05) is 78.3 Å². The van der Waals surface area contributed by atoms with Gasteiger partial charge in [0.1, 0.15) is 0 Å². The van der Waals surface area contributed by atoms with E-state index in [-0.39, 0.29) is 11.1 Å². The molecule has 0 saturated heterocycles. The summed E-state index contributed by atoms with van der Waals surface area (Å²) < 4.78 is 25.3. The summed E-state index contributed by atoms with van der Waals surface area (Å²) in [5, 5.41) is 13.5. The molecule has 5 rings (SSSR count). The zero-order valence-electron chi connectivity index (χ0n) is 21.6. The number of anilines is 1. The lowest BCUT2D eigenvalue weighted by Crippen LogP contribution is -2.24. The molecule has 3 aromatic carbocycles. The van der Waals surface area contributed by atoms with Crippen molar-refractivity contribution in [1.29, 1.82) is 0 Å². The van der Waals surface area contributed by atoms with Crippen LogP contribution >= 0.6 is 22.9 Å². The summed E-state index contributed by atoms with van der Waals surface area (Å²) in [7, 11) is 0. The Labute approximate surface area is 236 Å². The van der Waals surface area contributed by atoms with Gasteiger partial charge in [0, 0.05) is 11.1 Å². The number of aliphatic hydroxyl groups excluding tert-OH is 1. The Bertz CT molecular complexity index is 1450. The summed E-state index contributed by atoms with van der Waals surface area (Å²) in [6, 6.07) is 24.4. The molecule has 0 spiro atoms. The van der Waals surface area contributed by atoms with Crippen molar-refractivity contribution in [3.63, 3.8) is 0 Å². The number of thiophene rings is 1. The van der Waals surface area contributed by atoms with Gasteiger partial charge in [0.2, 0.25) is 6.41 Å².